The second-order valence-corrected chi connectivity index (χ2v) is 4.81. The minimum absolute atomic E-state index is 0. The molecule has 0 saturated carbocycles. The van der Waals surface area contributed by atoms with E-state index in [1.165, 1.54) is 7.11 Å². The van der Waals surface area contributed by atoms with E-state index >= 15 is 0 Å². The van der Waals surface area contributed by atoms with Gasteiger partial charge in [0.2, 0.25) is 5.91 Å². The van der Waals surface area contributed by atoms with Crippen LogP contribution in [0, 0.1) is 0 Å². The monoisotopic (exact) mass is 353 g/mol. The summed E-state index contributed by atoms with van der Waals surface area (Å²) in [5, 5.41) is 5.44. The van der Waals surface area contributed by atoms with E-state index in [1.807, 2.05) is 0 Å². The molecule has 8 heteroatoms. The van der Waals surface area contributed by atoms with Crippen LogP contribution in [0.2, 0.25) is 0 Å². The Labute approximate surface area is 124 Å². The molecule has 2 rings (SSSR count). The van der Waals surface area contributed by atoms with E-state index in [4.69, 9.17) is 4.74 Å². The Bertz CT molecular complexity index is 464. The van der Waals surface area contributed by atoms with Gasteiger partial charge >= 0.3 is 0 Å². The summed E-state index contributed by atoms with van der Waals surface area (Å²) in [6, 6.07) is 2.78. The molecule has 2 N–H and O–H groups in total. The number of alkyl halides is 1. The summed E-state index contributed by atoms with van der Waals surface area (Å²) >= 11 is 3.22. The number of hydrogen-bond acceptors (Lipinski definition) is 4. The number of halogens is 3. The van der Waals surface area contributed by atoms with Gasteiger partial charge in [0.1, 0.15) is 22.3 Å². The predicted molar refractivity (Wildman–Crippen MR) is 75.7 cm³/mol. The molecule has 1 aromatic rings. The lowest BCUT2D eigenvalue weighted by atomic mass is 10.2. The van der Waals surface area contributed by atoms with Gasteiger partial charge in [0, 0.05) is 25.1 Å². The Morgan fingerprint density at radius 1 is 1.63 bits per heavy atom. The van der Waals surface area contributed by atoms with Crippen LogP contribution in [0.4, 0.5) is 10.2 Å². The van der Waals surface area contributed by atoms with E-state index in [2.05, 4.69) is 31.5 Å². The summed E-state index contributed by atoms with van der Waals surface area (Å²) in [7, 11) is 1.53. The molecule has 1 fully saturated rings. The molecule has 1 aromatic heterocycles. The van der Waals surface area contributed by atoms with Crippen LogP contribution < -0.4 is 15.4 Å². The third-order valence-electron chi connectivity index (χ3n) is 2.65. The Morgan fingerprint density at radius 2 is 2.37 bits per heavy atom. The summed E-state index contributed by atoms with van der Waals surface area (Å²) in [5.41, 5.74) is 0. The molecule has 0 bridgehead atoms. The second-order valence-electron chi connectivity index (χ2n) is 4.00. The first-order valence-electron chi connectivity index (χ1n) is 5.48. The molecular formula is C11H14BrClFN3O2. The van der Waals surface area contributed by atoms with Gasteiger partial charge in [-0.1, -0.05) is 0 Å². The van der Waals surface area contributed by atoms with Crippen molar-refractivity contribution in [3.8, 4) is 5.75 Å². The number of nitrogens with zero attached hydrogens (tertiary/aromatic N) is 1. The molecular weight excluding hydrogens is 340 g/mol. The first-order chi connectivity index (χ1) is 8.58. The first kappa shape index (κ1) is 16.1. The Kier molecular flexibility index (Phi) is 5.96. The lowest BCUT2D eigenvalue weighted by Crippen LogP contribution is -2.35. The fourth-order valence-electron chi connectivity index (χ4n) is 1.76. The van der Waals surface area contributed by atoms with Crippen molar-refractivity contribution in [3.05, 3.63) is 16.7 Å². The van der Waals surface area contributed by atoms with Gasteiger partial charge in [0.25, 0.3) is 0 Å². The molecule has 106 valence electrons. The van der Waals surface area contributed by atoms with Crippen molar-refractivity contribution in [3.63, 3.8) is 0 Å². The highest BCUT2D eigenvalue weighted by Crippen LogP contribution is 2.21. The first-order valence-corrected chi connectivity index (χ1v) is 6.27. The number of rotatable bonds is 3. The fraction of sp³-hybridized carbons (Fsp3) is 0.455. The van der Waals surface area contributed by atoms with E-state index in [0.717, 1.165) is 0 Å². The number of nitrogens with one attached hydrogen (secondary N) is 2. The second kappa shape index (κ2) is 7.02. The Morgan fingerprint density at radius 3 is 2.95 bits per heavy atom. The normalized spacial score (nSPS) is 21.6. The number of ether oxygens (including phenoxy) is 1. The molecule has 1 aliphatic heterocycles. The zero-order valence-corrected chi connectivity index (χ0v) is 12.6. The largest absolute Gasteiger partial charge is 0.497 e. The van der Waals surface area contributed by atoms with Crippen LogP contribution in [0.15, 0.2) is 16.7 Å². The molecule has 0 aromatic carbocycles. The number of pyridine rings is 1. The summed E-state index contributed by atoms with van der Waals surface area (Å²) in [6.45, 7) is 0.216. The zero-order valence-electron chi connectivity index (χ0n) is 10.2. The van der Waals surface area contributed by atoms with Gasteiger partial charge in [0.05, 0.1) is 13.2 Å². The van der Waals surface area contributed by atoms with Gasteiger partial charge in [-0.05, 0) is 15.9 Å². The highest BCUT2D eigenvalue weighted by Gasteiger charge is 2.29. The quantitative estimate of drug-likeness (QED) is 0.814. The van der Waals surface area contributed by atoms with Crippen LogP contribution >= 0.6 is 28.3 Å². The number of methoxy groups -OCH3 is 1. The summed E-state index contributed by atoms with van der Waals surface area (Å²) in [4.78, 5) is 15.9. The average molecular weight is 355 g/mol. The lowest BCUT2D eigenvalue weighted by Gasteiger charge is -2.11. The maximum Gasteiger partial charge on any atom is 0.242 e. The van der Waals surface area contributed by atoms with Gasteiger partial charge in [-0.2, -0.15) is 0 Å². The van der Waals surface area contributed by atoms with E-state index < -0.39 is 12.2 Å². The molecule has 0 radical (unpaired) electrons. The van der Waals surface area contributed by atoms with Gasteiger partial charge in [-0.25, -0.2) is 9.37 Å². The molecule has 5 nitrogen and oxygen atoms in total. The van der Waals surface area contributed by atoms with E-state index in [1.54, 1.807) is 12.1 Å². The molecule has 2 unspecified atom stereocenters. The van der Waals surface area contributed by atoms with Crippen LogP contribution in [0.5, 0.6) is 5.75 Å². The van der Waals surface area contributed by atoms with Crippen molar-refractivity contribution in [1.82, 2.24) is 10.3 Å². The Balaban J connectivity index is 0.00000180. The van der Waals surface area contributed by atoms with Crippen LogP contribution in [-0.2, 0) is 4.79 Å². The van der Waals surface area contributed by atoms with Gasteiger partial charge in [0.15, 0.2) is 0 Å². The predicted octanol–water partition coefficient (Wildman–Crippen LogP) is 1.91. The van der Waals surface area contributed by atoms with Crippen LogP contribution in [0.1, 0.15) is 6.42 Å². The van der Waals surface area contributed by atoms with Crippen molar-refractivity contribution in [2.45, 2.75) is 18.6 Å². The van der Waals surface area contributed by atoms with Gasteiger partial charge < -0.3 is 15.4 Å². The molecule has 19 heavy (non-hydrogen) atoms. The minimum atomic E-state index is -0.967. The molecule has 0 aliphatic carbocycles. The summed E-state index contributed by atoms with van der Waals surface area (Å²) < 4.78 is 18.6. The molecule has 1 saturated heterocycles. The topological polar surface area (TPSA) is 63.2 Å². The third kappa shape index (κ3) is 4.29. The molecule has 2 atom stereocenters. The average Bonchev–Trinajstić information content (AvgIpc) is 2.75. The number of carbonyl (C=O) groups excluding carboxylic acids is 1. The zero-order chi connectivity index (χ0) is 13.1. The minimum Gasteiger partial charge on any atom is -0.497 e. The van der Waals surface area contributed by atoms with Crippen molar-refractivity contribution < 1.29 is 13.9 Å². The van der Waals surface area contributed by atoms with E-state index in [-0.39, 0.29) is 31.3 Å². The van der Waals surface area contributed by atoms with Crippen molar-refractivity contribution in [2.24, 2.45) is 0 Å². The number of anilines is 1. The SMILES string of the molecule is COc1cc(Br)nc(NC(=O)C2CC(F)CN2)c1.Cl. The number of hydrogen-bond donors (Lipinski definition) is 2. The van der Waals surface area contributed by atoms with Crippen molar-refractivity contribution in [1.29, 1.82) is 0 Å². The number of amides is 1. The van der Waals surface area contributed by atoms with Crippen LogP contribution in [-0.4, -0.2) is 36.8 Å². The Hall–Kier alpha value is -0.920. The number of aromatic nitrogens is 1. The number of carbonyl (C=O) groups is 1. The molecule has 0 spiro atoms. The van der Waals surface area contributed by atoms with E-state index in [0.29, 0.717) is 16.2 Å². The van der Waals surface area contributed by atoms with Crippen LogP contribution in [0.25, 0.3) is 0 Å². The standard InChI is InChI=1S/C11H13BrFN3O2.ClH/c1-18-7-3-9(12)15-10(4-7)16-11(17)8-2-6(13)5-14-8;/h3-4,6,8,14H,2,5H2,1H3,(H,15,16,17);1H. The van der Waals surface area contributed by atoms with Gasteiger partial charge in [-0.3, -0.25) is 4.79 Å². The highest BCUT2D eigenvalue weighted by molar-refractivity contribution is 9.10. The lowest BCUT2D eigenvalue weighted by molar-refractivity contribution is -0.117. The highest BCUT2D eigenvalue weighted by atomic mass is 79.9. The van der Waals surface area contributed by atoms with E-state index in [9.17, 15) is 9.18 Å². The summed E-state index contributed by atoms with van der Waals surface area (Å²) in [5.74, 6) is 0.660. The van der Waals surface area contributed by atoms with Crippen molar-refractivity contribution >= 4 is 40.1 Å². The van der Waals surface area contributed by atoms with Gasteiger partial charge in [-0.15, -0.1) is 12.4 Å². The van der Waals surface area contributed by atoms with Crippen LogP contribution in [0.3, 0.4) is 0 Å². The molecule has 1 aliphatic rings. The molecule has 2 heterocycles. The smallest absolute Gasteiger partial charge is 0.242 e. The maximum atomic E-state index is 13.0. The van der Waals surface area contributed by atoms with Crippen molar-refractivity contribution in [2.75, 3.05) is 19.0 Å². The summed E-state index contributed by atoms with van der Waals surface area (Å²) in [6.07, 6.45) is -0.775. The fourth-order valence-corrected chi connectivity index (χ4v) is 2.18. The molecule has 1 amide bonds. The third-order valence-corrected chi connectivity index (χ3v) is 3.05. The maximum absolute atomic E-state index is 13.0.